The molecule has 4 heteroatoms. The summed E-state index contributed by atoms with van der Waals surface area (Å²) in [6.45, 7) is 5.66. The summed E-state index contributed by atoms with van der Waals surface area (Å²) in [6.07, 6.45) is 5.59. The van der Waals surface area contributed by atoms with Crippen LogP contribution in [0.4, 0.5) is 0 Å². The van der Waals surface area contributed by atoms with E-state index in [1.807, 2.05) is 0 Å². The average Bonchev–Trinajstić information content (AvgIpc) is 2.83. The molecule has 0 radical (unpaired) electrons. The van der Waals surface area contributed by atoms with E-state index in [0.29, 0.717) is 18.4 Å². The Morgan fingerprint density at radius 1 is 1.22 bits per heavy atom. The van der Waals surface area contributed by atoms with Gasteiger partial charge < -0.3 is 15.1 Å². The van der Waals surface area contributed by atoms with E-state index >= 15 is 0 Å². The third kappa shape index (κ3) is 5.36. The molecule has 0 atom stereocenters. The lowest BCUT2D eigenvalue weighted by Crippen LogP contribution is -2.43. The Hall–Kier alpha value is -0.610. The van der Waals surface area contributed by atoms with Crippen LogP contribution in [0.3, 0.4) is 0 Å². The second-order valence-corrected chi connectivity index (χ2v) is 5.43. The average molecular weight is 255 g/mol. The predicted molar refractivity (Wildman–Crippen MR) is 75.7 cm³/mol. The number of hydrogen-bond donors (Lipinski definition) is 1. The molecule has 0 aromatic heterocycles. The van der Waals surface area contributed by atoms with Crippen LogP contribution in [0.1, 0.15) is 39.0 Å². The van der Waals surface area contributed by atoms with Crippen LogP contribution in [0.25, 0.3) is 0 Å². The van der Waals surface area contributed by atoms with E-state index in [1.54, 1.807) is 0 Å². The predicted octanol–water partition coefficient (Wildman–Crippen LogP) is 1.32. The quantitative estimate of drug-likeness (QED) is 0.665. The summed E-state index contributed by atoms with van der Waals surface area (Å²) >= 11 is 0. The van der Waals surface area contributed by atoms with Gasteiger partial charge in [0.2, 0.25) is 5.91 Å². The van der Waals surface area contributed by atoms with Crippen LogP contribution in [0.5, 0.6) is 0 Å². The van der Waals surface area contributed by atoms with Crippen LogP contribution in [-0.2, 0) is 4.79 Å². The number of likely N-dealkylation sites (N-methyl/N-ethyl adjacent to an activating group) is 1. The molecular formula is C14H29N3O. The van der Waals surface area contributed by atoms with E-state index in [9.17, 15) is 4.79 Å². The fourth-order valence-corrected chi connectivity index (χ4v) is 2.55. The van der Waals surface area contributed by atoms with Crippen LogP contribution >= 0.6 is 0 Å². The van der Waals surface area contributed by atoms with Gasteiger partial charge in [-0.3, -0.25) is 4.79 Å². The minimum atomic E-state index is 0.324. The van der Waals surface area contributed by atoms with E-state index in [-0.39, 0.29) is 0 Å². The van der Waals surface area contributed by atoms with Gasteiger partial charge >= 0.3 is 0 Å². The zero-order chi connectivity index (χ0) is 13.4. The molecule has 106 valence electrons. The van der Waals surface area contributed by atoms with Crippen LogP contribution in [0.2, 0.25) is 0 Å². The highest BCUT2D eigenvalue weighted by Crippen LogP contribution is 2.23. The van der Waals surface area contributed by atoms with Gasteiger partial charge in [0.1, 0.15) is 0 Å². The van der Waals surface area contributed by atoms with Crippen molar-refractivity contribution in [3.05, 3.63) is 0 Å². The largest absolute Gasteiger partial charge is 0.338 e. The smallest absolute Gasteiger partial charge is 0.224 e. The molecular weight excluding hydrogens is 226 g/mol. The Bertz CT molecular complexity index is 237. The van der Waals surface area contributed by atoms with Gasteiger partial charge in [-0.05, 0) is 33.5 Å². The summed E-state index contributed by atoms with van der Waals surface area (Å²) in [5.41, 5.74) is 0. The molecule has 1 saturated carbocycles. The van der Waals surface area contributed by atoms with E-state index < -0.39 is 0 Å². The van der Waals surface area contributed by atoms with Gasteiger partial charge in [0, 0.05) is 32.1 Å². The Morgan fingerprint density at radius 3 is 2.44 bits per heavy atom. The minimum absolute atomic E-state index is 0.324. The van der Waals surface area contributed by atoms with Gasteiger partial charge in [-0.1, -0.05) is 19.8 Å². The summed E-state index contributed by atoms with van der Waals surface area (Å²) in [7, 11) is 4.13. The van der Waals surface area contributed by atoms with E-state index in [2.05, 4.69) is 36.1 Å². The lowest BCUT2D eigenvalue weighted by atomic mass is 10.2. The van der Waals surface area contributed by atoms with Gasteiger partial charge in [0.05, 0.1) is 0 Å². The SMILES string of the molecule is CCNCCC(=O)N(CCN(C)C)C1CCCC1. The van der Waals surface area contributed by atoms with Crippen LogP contribution < -0.4 is 5.32 Å². The number of carbonyl (C=O) groups excluding carboxylic acids is 1. The molecule has 1 aliphatic rings. The van der Waals surface area contributed by atoms with Crippen LogP contribution in [0, 0.1) is 0 Å². The fraction of sp³-hybridized carbons (Fsp3) is 0.929. The number of rotatable bonds is 8. The van der Waals surface area contributed by atoms with Crippen LogP contribution in [-0.4, -0.2) is 62.0 Å². The zero-order valence-electron chi connectivity index (χ0n) is 12.2. The summed E-state index contributed by atoms with van der Waals surface area (Å²) in [4.78, 5) is 16.6. The Morgan fingerprint density at radius 2 is 1.89 bits per heavy atom. The molecule has 18 heavy (non-hydrogen) atoms. The first kappa shape index (κ1) is 15.4. The van der Waals surface area contributed by atoms with Crippen molar-refractivity contribution >= 4 is 5.91 Å². The van der Waals surface area contributed by atoms with E-state index in [0.717, 1.165) is 26.2 Å². The summed E-state index contributed by atoms with van der Waals surface area (Å²) in [5, 5.41) is 3.23. The standard InChI is InChI=1S/C14H29N3O/c1-4-15-10-9-14(18)17(12-11-16(2)3)13-7-5-6-8-13/h13,15H,4-12H2,1-3H3. The Balaban J connectivity index is 2.44. The van der Waals surface area contributed by atoms with Crippen molar-refractivity contribution in [2.24, 2.45) is 0 Å². The first-order valence-corrected chi connectivity index (χ1v) is 7.30. The second kappa shape index (κ2) is 8.48. The molecule has 1 aliphatic carbocycles. The van der Waals surface area contributed by atoms with Gasteiger partial charge in [0.25, 0.3) is 0 Å². The van der Waals surface area contributed by atoms with Crippen molar-refractivity contribution < 1.29 is 4.79 Å². The maximum atomic E-state index is 12.3. The van der Waals surface area contributed by atoms with Crippen molar-refractivity contribution in [2.45, 2.75) is 45.1 Å². The molecule has 0 unspecified atom stereocenters. The highest BCUT2D eigenvalue weighted by atomic mass is 16.2. The van der Waals surface area contributed by atoms with Crippen molar-refractivity contribution in [3.8, 4) is 0 Å². The first-order chi connectivity index (χ1) is 8.65. The minimum Gasteiger partial charge on any atom is -0.338 e. The summed E-state index contributed by atoms with van der Waals surface area (Å²) < 4.78 is 0. The Kier molecular flexibility index (Phi) is 7.28. The maximum absolute atomic E-state index is 12.3. The van der Waals surface area contributed by atoms with Gasteiger partial charge in [-0.2, -0.15) is 0 Å². The molecule has 1 fully saturated rings. The monoisotopic (exact) mass is 255 g/mol. The Labute approximate surface area is 112 Å². The van der Waals surface area contributed by atoms with E-state index in [4.69, 9.17) is 0 Å². The third-order valence-corrected chi connectivity index (χ3v) is 3.64. The molecule has 1 rings (SSSR count). The lowest BCUT2D eigenvalue weighted by Gasteiger charge is -2.30. The lowest BCUT2D eigenvalue weighted by molar-refractivity contribution is -0.133. The molecule has 4 nitrogen and oxygen atoms in total. The molecule has 1 amide bonds. The molecule has 0 saturated heterocycles. The van der Waals surface area contributed by atoms with Crippen molar-refractivity contribution in [1.29, 1.82) is 0 Å². The second-order valence-electron chi connectivity index (χ2n) is 5.43. The molecule has 0 heterocycles. The zero-order valence-corrected chi connectivity index (χ0v) is 12.2. The summed E-state index contributed by atoms with van der Waals surface area (Å²) in [5.74, 6) is 0.324. The number of carbonyl (C=O) groups is 1. The normalized spacial score (nSPS) is 16.4. The van der Waals surface area contributed by atoms with Gasteiger partial charge in [0.15, 0.2) is 0 Å². The highest BCUT2D eigenvalue weighted by Gasteiger charge is 2.25. The van der Waals surface area contributed by atoms with Gasteiger partial charge in [-0.25, -0.2) is 0 Å². The van der Waals surface area contributed by atoms with E-state index in [1.165, 1.54) is 25.7 Å². The number of nitrogens with one attached hydrogen (secondary N) is 1. The molecule has 0 aromatic carbocycles. The first-order valence-electron chi connectivity index (χ1n) is 7.30. The number of hydrogen-bond acceptors (Lipinski definition) is 3. The molecule has 0 aromatic rings. The summed E-state index contributed by atoms with van der Waals surface area (Å²) in [6, 6.07) is 0.499. The maximum Gasteiger partial charge on any atom is 0.224 e. The van der Waals surface area contributed by atoms with Crippen LogP contribution in [0.15, 0.2) is 0 Å². The fourth-order valence-electron chi connectivity index (χ4n) is 2.55. The number of amides is 1. The van der Waals surface area contributed by atoms with Crippen molar-refractivity contribution in [1.82, 2.24) is 15.1 Å². The molecule has 1 N–H and O–H groups in total. The van der Waals surface area contributed by atoms with Gasteiger partial charge in [-0.15, -0.1) is 0 Å². The highest BCUT2D eigenvalue weighted by molar-refractivity contribution is 5.76. The molecule has 0 bridgehead atoms. The molecule has 0 aliphatic heterocycles. The van der Waals surface area contributed by atoms with Crippen molar-refractivity contribution in [3.63, 3.8) is 0 Å². The van der Waals surface area contributed by atoms with Crippen molar-refractivity contribution in [2.75, 3.05) is 40.3 Å². The molecule has 0 spiro atoms. The third-order valence-electron chi connectivity index (χ3n) is 3.64. The number of nitrogens with zero attached hydrogens (tertiary/aromatic N) is 2. The topological polar surface area (TPSA) is 35.6 Å².